The maximum atomic E-state index is 13.1. The van der Waals surface area contributed by atoms with E-state index in [2.05, 4.69) is 5.32 Å². The molecule has 0 aromatic heterocycles. The quantitative estimate of drug-likeness (QED) is 0.549. The molecule has 1 N–H and O–H groups in total. The Balaban J connectivity index is 2.05. The number of carbonyl (C=O) groups excluding carboxylic acids is 2. The number of nitrogens with zero attached hydrogens (tertiary/aromatic N) is 1. The molecule has 0 aliphatic rings. The fraction of sp³-hybridized carbons (Fsp3) is 0.417. The highest BCUT2D eigenvalue weighted by atomic mass is 32.2. The van der Waals surface area contributed by atoms with Gasteiger partial charge in [0.25, 0.3) is 0 Å². The molecule has 6 heteroatoms. The minimum absolute atomic E-state index is 0.0177. The lowest BCUT2D eigenvalue weighted by Crippen LogP contribution is -2.49. The van der Waals surface area contributed by atoms with E-state index in [1.165, 1.54) is 0 Å². The molecule has 0 aliphatic carbocycles. The van der Waals surface area contributed by atoms with Crippen molar-refractivity contribution >= 4 is 23.6 Å². The molecule has 30 heavy (non-hydrogen) atoms. The van der Waals surface area contributed by atoms with E-state index in [1.54, 1.807) is 23.8 Å². The van der Waals surface area contributed by atoms with Crippen molar-refractivity contribution in [1.29, 1.82) is 0 Å². The second-order valence-electron chi connectivity index (χ2n) is 7.06. The molecule has 2 aromatic rings. The van der Waals surface area contributed by atoms with Crippen molar-refractivity contribution in [3.63, 3.8) is 0 Å². The Bertz CT molecular complexity index is 781. The average molecular weight is 429 g/mol. The van der Waals surface area contributed by atoms with Crippen LogP contribution in [0.15, 0.2) is 54.6 Å². The molecule has 2 amide bonds. The van der Waals surface area contributed by atoms with E-state index in [0.29, 0.717) is 25.3 Å². The Kier molecular flexibility index (Phi) is 10.3. The maximum absolute atomic E-state index is 13.1. The molecule has 0 fully saturated rings. The van der Waals surface area contributed by atoms with Gasteiger partial charge >= 0.3 is 0 Å². The fourth-order valence-electron chi connectivity index (χ4n) is 3.13. The van der Waals surface area contributed by atoms with Crippen LogP contribution in [0.3, 0.4) is 0 Å². The number of amides is 2. The molecule has 1 atom stereocenters. The number of carbonyl (C=O) groups is 2. The molecule has 0 saturated heterocycles. The van der Waals surface area contributed by atoms with Gasteiger partial charge in [0.2, 0.25) is 11.8 Å². The normalized spacial score (nSPS) is 11.6. The predicted octanol–water partition coefficient (Wildman–Crippen LogP) is 4.26. The van der Waals surface area contributed by atoms with Crippen LogP contribution in [0, 0.1) is 0 Å². The van der Waals surface area contributed by atoms with Gasteiger partial charge in [0.05, 0.1) is 12.9 Å². The van der Waals surface area contributed by atoms with Crippen molar-refractivity contribution in [3.05, 3.63) is 65.7 Å². The lowest BCUT2D eigenvalue weighted by molar-refractivity contribution is -0.139. The topological polar surface area (TPSA) is 58.6 Å². The number of methoxy groups -OCH3 is 1. The highest BCUT2D eigenvalue weighted by Crippen LogP contribution is 2.19. The van der Waals surface area contributed by atoms with Gasteiger partial charge in [0, 0.05) is 18.8 Å². The van der Waals surface area contributed by atoms with E-state index in [0.717, 1.165) is 29.1 Å². The summed E-state index contributed by atoms with van der Waals surface area (Å²) < 4.78 is 5.18. The standard InChI is InChI=1S/C24H32N2O3S/c1-4-15-25-24(28)22(5-2)26(16-19-9-7-6-8-10-19)23(27)18-30-17-20-11-13-21(29-3)14-12-20/h6-14,22H,4-5,15-18H2,1-3H3,(H,25,28)/t22-/m1/s1. The number of rotatable bonds is 12. The number of hydrogen-bond donors (Lipinski definition) is 1. The van der Waals surface area contributed by atoms with Gasteiger partial charge in [-0.25, -0.2) is 0 Å². The molecule has 0 spiro atoms. The molecule has 2 rings (SSSR count). The van der Waals surface area contributed by atoms with Crippen LogP contribution in [0.4, 0.5) is 0 Å². The Morgan fingerprint density at radius 1 is 1.03 bits per heavy atom. The second-order valence-corrected chi connectivity index (χ2v) is 8.05. The van der Waals surface area contributed by atoms with Crippen molar-refractivity contribution < 1.29 is 14.3 Å². The van der Waals surface area contributed by atoms with Gasteiger partial charge in [0.1, 0.15) is 11.8 Å². The minimum Gasteiger partial charge on any atom is -0.497 e. The van der Waals surface area contributed by atoms with E-state index in [4.69, 9.17) is 4.74 Å². The molecule has 5 nitrogen and oxygen atoms in total. The van der Waals surface area contributed by atoms with Crippen molar-refractivity contribution in [3.8, 4) is 5.75 Å². The molecule has 0 heterocycles. The molecule has 0 unspecified atom stereocenters. The van der Waals surface area contributed by atoms with E-state index < -0.39 is 6.04 Å². The second kappa shape index (κ2) is 13.0. The summed E-state index contributed by atoms with van der Waals surface area (Å²) in [6.45, 7) is 5.02. The van der Waals surface area contributed by atoms with Crippen LogP contribution in [0.25, 0.3) is 0 Å². The monoisotopic (exact) mass is 428 g/mol. The zero-order valence-electron chi connectivity index (χ0n) is 18.1. The van der Waals surface area contributed by atoms with Crippen LogP contribution in [-0.2, 0) is 21.9 Å². The third-order valence-corrected chi connectivity index (χ3v) is 5.77. The summed E-state index contributed by atoms with van der Waals surface area (Å²) >= 11 is 1.56. The van der Waals surface area contributed by atoms with E-state index in [9.17, 15) is 9.59 Å². The van der Waals surface area contributed by atoms with Crippen LogP contribution < -0.4 is 10.1 Å². The van der Waals surface area contributed by atoms with Crippen LogP contribution in [0.2, 0.25) is 0 Å². The first-order chi connectivity index (χ1) is 14.6. The molecule has 2 aromatic carbocycles. The van der Waals surface area contributed by atoms with Crippen molar-refractivity contribution in [1.82, 2.24) is 10.2 Å². The van der Waals surface area contributed by atoms with Gasteiger partial charge in [-0.3, -0.25) is 9.59 Å². The Labute approximate surface area is 184 Å². The maximum Gasteiger partial charge on any atom is 0.242 e. The van der Waals surface area contributed by atoms with Gasteiger partial charge < -0.3 is 15.0 Å². The smallest absolute Gasteiger partial charge is 0.242 e. The number of hydrogen-bond acceptors (Lipinski definition) is 4. The summed E-state index contributed by atoms with van der Waals surface area (Å²) in [5.41, 5.74) is 2.16. The van der Waals surface area contributed by atoms with Crippen molar-refractivity contribution in [2.75, 3.05) is 19.4 Å². The SMILES string of the molecule is CCCNC(=O)[C@@H](CC)N(Cc1ccccc1)C(=O)CSCc1ccc(OC)cc1. The molecule has 162 valence electrons. The minimum atomic E-state index is -0.467. The van der Waals surface area contributed by atoms with Gasteiger partial charge in [0.15, 0.2) is 0 Å². The Morgan fingerprint density at radius 3 is 2.33 bits per heavy atom. The third kappa shape index (κ3) is 7.41. The summed E-state index contributed by atoms with van der Waals surface area (Å²) in [5.74, 6) is 1.78. The van der Waals surface area contributed by atoms with Gasteiger partial charge in [-0.05, 0) is 36.1 Å². The number of nitrogens with one attached hydrogen (secondary N) is 1. The first-order valence-electron chi connectivity index (χ1n) is 10.4. The summed E-state index contributed by atoms with van der Waals surface area (Å²) in [6.07, 6.45) is 1.45. The summed E-state index contributed by atoms with van der Waals surface area (Å²) in [5, 5.41) is 2.95. The molecule has 0 aliphatic heterocycles. The molecule has 0 radical (unpaired) electrons. The molecule has 0 saturated carbocycles. The van der Waals surface area contributed by atoms with Crippen LogP contribution in [0.5, 0.6) is 5.75 Å². The highest BCUT2D eigenvalue weighted by molar-refractivity contribution is 7.99. The third-order valence-electron chi connectivity index (χ3n) is 4.78. The molecular weight excluding hydrogens is 396 g/mol. The van der Waals surface area contributed by atoms with Crippen molar-refractivity contribution in [2.24, 2.45) is 0 Å². The number of thioether (sulfide) groups is 1. The van der Waals surface area contributed by atoms with Crippen molar-refractivity contribution in [2.45, 2.75) is 45.0 Å². The Morgan fingerprint density at radius 2 is 1.73 bits per heavy atom. The van der Waals surface area contributed by atoms with Crippen LogP contribution in [0.1, 0.15) is 37.8 Å². The van der Waals surface area contributed by atoms with Crippen LogP contribution >= 0.6 is 11.8 Å². The Hall–Kier alpha value is -2.47. The van der Waals surface area contributed by atoms with E-state index >= 15 is 0 Å². The summed E-state index contributed by atoms with van der Waals surface area (Å²) in [4.78, 5) is 27.5. The van der Waals surface area contributed by atoms with E-state index in [-0.39, 0.29) is 11.8 Å². The lowest BCUT2D eigenvalue weighted by Gasteiger charge is -2.30. The fourth-order valence-corrected chi connectivity index (χ4v) is 4.00. The van der Waals surface area contributed by atoms with Crippen LogP contribution in [-0.4, -0.2) is 42.2 Å². The van der Waals surface area contributed by atoms with E-state index in [1.807, 2.05) is 68.4 Å². The zero-order valence-corrected chi connectivity index (χ0v) is 18.9. The first kappa shape index (κ1) is 23.8. The summed E-state index contributed by atoms with van der Waals surface area (Å²) in [6, 6.07) is 17.2. The zero-order chi connectivity index (χ0) is 21.8. The largest absolute Gasteiger partial charge is 0.497 e. The van der Waals surface area contributed by atoms with Gasteiger partial charge in [-0.15, -0.1) is 11.8 Å². The molecule has 0 bridgehead atoms. The first-order valence-corrected chi connectivity index (χ1v) is 11.6. The molecular formula is C24H32N2O3S. The number of benzene rings is 2. The van der Waals surface area contributed by atoms with Gasteiger partial charge in [-0.2, -0.15) is 0 Å². The average Bonchev–Trinajstić information content (AvgIpc) is 2.78. The highest BCUT2D eigenvalue weighted by Gasteiger charge is 2.28. The predicted molar refractivity (Wildman–Crippen MR) is 124 cm³/mol. The number of ether oxygens (including phenoxy) is 1. The lowest BCUT2D eigenvalue weighted by atomic mass is 10.1. The summed E-state index contributed by atoms with van der Waals surface area (Å²) in [7, 11) is 1.64. The van der Waals surface area contributed by atoms with Gasteiger partial charge in [-0.1, -0.05) is 56.3 Å².